The number of fused-ring (bicyclic) bond motifs is 1. The lowest BCUT2D eigenvalue weighted by Crippen LogP contribution is -2.40. The minimum Gasteiger partial charge on any atom is -0.358 e. The van der Waals surface area contributed by atoms with Gasteiger partial charge in [0, 0.05) is 36.2 Å². The van der Waals surface area contributed by atoms with Gasteiger partial charge in [-0.25, -0.2) is 9.07 Å². The van der Waals surface area contributed by atoms with Gasteiger partial charge in [0.2, 0.25) is 5.91 Å². The van der Waals surface area contributed by atoms with Gasteiger partial charge >= 0.3 is 0 Å². The lowest BCUT2D eigenvalue weighted by atomic mass is 10.0. The Hall–Kier alpha value is -2.74. The van der Waals surface area contributed by atoms with Crippen LogP contribution in [0.3, 0.4) is 0 Å². The van der Waals surface area contributed by atoms with Crippen LogP contribution >= 0.6 is 0 Å². The zero-order valence-corrected chi connectivity index (χ0v) is 15.3. The number of likely N-dealkylation sites (tertiary alicyclic amines) is 1. The Morgan fingerprint density at radius 3 is 2.85 bits per heavy atom. The van der Waals surface area contributed by atoms with Crippen LogP contribution in [0.2, 0.25) is 0 Å². The molecule has 3 N–H and O–H groups in total. The summed E-state index contributed by atoms with van der Waals surface area (Å²) in [5, 5.41) is 8.96. The molecule has 142 valence electrons. The van der Waals surface area contributed by atoms with E-state index in [1.54, 1.807) is 6.07 Å². The first-order valence-corrected chi connectivity index (χ1v) is 9.20. The molecule has 0 aliphatic carbocycles. The maximum Gasteiger partial charge on any atom is 0.227 e. The van der Waals surface area contributed by atoms with E-state index in [0.29, 0.717) is 19.6 Å². The molecule has 0 atom stereocenters. The van der Waals surface area contributed by atoms with E-state index < -0.39 is 0 Å². The van der Waals surface area contributed by atoms with Crippen molar-refractivity contribution in [2.24, 2.45) is 5.73 Å². The number of nitrogens with one attached hydrogen (secondary N) is 1. The third-order valence-electron chi connectivity index (χ3n) is 5.37. The van der Waals surface area contributed by atoms with E-state index in [2.05, 4.69) is 15.3 Å². The van der Waals surface area contributed by atoms with Crippen LogP contribution in [0.4, 0.5) is 4.39 Å². The van der Waals surface area contributed by atoms with E-state index in [9.17, 15) is 9.18 Å². The Bertz CT molecular complexity index is 970. The summed E-state index contributed by atoms with van der Waals surface area (Å²) in [5.74, 6) is -0.219. The van der Waals surface area contributed by atoms with Crippen molar-refractivity contribution >= 4 is 16.8 Å². The molecular formula is C19H23FN6O. The lowest BCUT2D eigenvalue weighted by Gasteiger charge is -2.32. The number of nitrogens with two attached hydrogens (primary N) is 1. The van der Waals surface area contributed by atoms with Gasteiger partial charge in [0.15, 0.2) is 0 Å². The zero-order valence-electron chi connectivity index (χ0n) is 15.3. The molecular weight excluding hydrogens is 347 g/mol. The van der Waals surface area contributed by atoms with E-state index in [0.717, 1.165) is 40.7 Å². The molecule has 0 bridgehead atoms. The van der Waals surface area contributed by atoms with Gasteiger partial charge in [-0.3, -0.25) is 4.79 Å². The van der Waals surface area contributed by atoms with Crippen molar-refractivity contribution in [2.45, 2.75) is 38.8 Å². The number of aryl methyl sites for hydroxylation is 1. The summed E-state index contributed by atoms with van der Waals surface area (Å²) < 4.78 is 15.5. The normalized spacial score (nSPS) is 15.6. The number of aromatic amines is 1. The van der Waals surface area contributed by atoms with Crippen LogP contribution in [-0.4, -0.2) is 43.9 Å². The van der Waals surface area contributed by atoms with Gasteiger partial charge in [0.05, 0.1) is 24.4 Å². The number of hydrogen-bond acceptors (Lipinski definition) is 4. The second kappa shape index (κ2) is 7.11. The summed E-state index contributed by atoms with van der Waals surface area (Å²) >= 11 is 0. The third-order valence-corrected chi connectivity index (χ3v) is 5.37. The molecule has 2 aromatic heterocycles. The second-order valence-corrected chi connectivity index (χ2v) is 7.10. The van der Waals surface area contributed by atoms with Crippen LogP contribution in [-0.2, 0) is 17.8 Å². The van der Waals surface area contributed by atoms with Crippen molar-refractivity contribution in [2.75, 3.05) is 13.1 Å². The number of rotatable bonds is 4. The van der Waals surface area contributed by atoms with E-state index in [-0.39, 0.29) is 24.2 Å². The SMILES string of the molecule is Cc1[nH]c2ccc(F)cc2c1CC(=O)N1CCC(n2cc(CN)nn2)CC1. The van der Waals surface area contributed by atoms with Gasteiger partial charge in [-0.15, -0.1) is 5.10 Å². The first-order valence-electron chi connectivity index (χ1n) is 9.20. The average Bonchev–Trinajstić information content (AvgIpc) is 3.27. The highest BCUT2D eigenvalue weighted by molar-refractivity contribution is 5.90. The monoisotopic (exact) mass is 370 g/mol. The van der Waals surface area contributed by atoms with Crippen molar-refractivity contribution in [1.29, 1.82) is 0 Å². The number of halogens is 1. The molecule has 7 nitrogen and oxygen atoms in total. The van der Waals surface area contributed by atoms with Gasteiger partial charge < -0.3 is 15.6 Å². The number of amides is 1. The largest absolute Gasteiger partial charge is 0.358 e. The Labute approximate surface area is 156 Å². The van der Waals surface area contributed by atoms with Gasteiger partial charge in [0.25, 0.3) is 0 Å². The van der Waals surface area contributed by atoms with Crippen molar-refractivity contribution in [1.82, 2.24) is 24.9 Å². The summed E-state index contributed by atoms with van der Waals surface area (Å²) in [6, 6.07) is 4.87. The lowest BCUT2D eigenvalue weighted by molar-refractivity contribution is -0.131. The zero-order chi connectivity index (χ0) is 19.0. The Morgan fingerprint density at radius 1 is 1.37 bits per heavy atom. The molecule has 3 aromatic rings. The minimum atomic E-state index is -0.291. The Balaban J connectivity index is 1.43. The number of piperidine rings is 1. The maximum atomic E-state index is 13.6. The molecule has 0 saturated carbocycles. The number of hydrogen-bond donors (Lipinski definition) is 2. The quantitative estimate of drug-likeness (QED) is 0.735. The molecule has 1 saturated heterocycles. The summed E-state index contributed by atoms with van der Waals surface area (Å²) in [5.41, 5.74) is 9.01. The fourth-order valence-electron chi connectivity index (χ4n) is 3.81. The molecule has 3 heterocycles. The number of benzene rings is 1. The molecule has 1 fully saturated rings. The van der Waals surface area contributed by atoms with Crippen molar-refractivity contribution < 1.29 is 9.18 Å². The maximum absolute atomic E-state index is 13.6. The number of H-pyrrole nitrogens is 1. The molecule has 0 unspecified atom stereocenters. The van der Waals surface area contributed by atoms with Crippen LogP contribution in [0, 0.1) is 12.7 Å². The van der Waals surface area contributed by atoms with Crippen molar-refractivity contribution in [3.63, 3.8) is 0 Å². The molecule has 1 aromatic carbocycles. The molecule has 0 radical (unpaired) electrons. The number of aromatic nitrogens is 4. The molecule has 1 aliphatic heterocycles. The predicted octanol–water partition coefficient (Wildman–Crippen LogP) is 2.07. The van der Waals surface area contributed by atoms with E-state index >= 15 is 0 Å². The summed E-state index contributed by atoms with van der Waals surface area (Å²) in [6.45, 7) is 3.66. The Kier molecular flexibility index (Phi) is 4.65. The highest BCUT2D eigenvalue weighted by Gasteiger charge is 2.25. The molecule has 27 heavy (non-hydrogen) atoms. The van der Waals surface area contributed by atoms with Crippen LogP contribution in [0.1, 0.15) is 35.8 Å². The van der Waals surface area contributed by atoms with Crippen LogP contribution in [0.25, 0.3) is 10.9 Å². The number of carbonyl (C=O) groups is 1. The number of nitrogens with zero attached hydrogens (tertiary/aromatic N) is 4. The van der Waals surface area contributed by atoms with E-state index in [4.69, 9.17) is 5.73 Å². The third kappa shape index (κ3) is 3.44. The number of carbonyl (C=O) groups excluding carboxylic acids is 1. The standard InChI is InChI=1S/C19H23FN6O/c1-12-16(17-8-13(20)2-3-18(17)22-12)9-19(27)25-6-4-15(5-7-25)26-11-14(10-21)23-24-26/h2-3,8,11,15,22H,4-7,9-10,21H2,1H3. The second-order valence-electron chi connectivity index (χ2n) is 7.10. The molecule has 8 heteroatoms. The van der Waals surface area contributed by atoms with Gasteiger partial charge in [-0.1, -0.05) is 5.21 Å². The summed E-state index contributed by atoms with van der Waals surface area (Å²) in [6.07, 6.45) is 3.83. The highest BCUT2D eigenvalue weighted by atomic mass is 19.1. The topological polar surface area (TPSA) is 92.8 Å². The minimum absolute atomic E-state index is 0.0722. The molecule has 0 spiro atoms. The van der Waals surface area contributed by atoms with E-state index in [1.807, 2.05) is 22.7 Å². The highest BCUT2D eigenvalue weighted by Crippen LogP contribution is 2.26. The smallest absolute Gasteiger partial charge is 0.227 e. The molecule has 1 aliphatic rings. The first-order chi connectivity index (χ1) is 13.0. The van der Waals surface area contributed by atoms with Crippen molar-refractivity contribution in [3.05, 3.63) is 47.2 Å². The summed E-state index contributed by atoms with van der Waals surface area (Å²) in [7, 11) is 0. The molecule has 1 amide bonds. The van der Waals surface area contributed by atoms with E-state index in [1.165, 1.54) is 12.1 Å². The summed E-state index contributed by atoms with van der Waals surface area (Å²) in [4.78, 5) is 17.9. The average molecular weight is 370 g/mol. The van der Waals surface area contributed by atoms with Gasteiger partial charge in [-0.2, -0.15) is 0 Å². The van der Waals surface area contributed by atoms with Gasteiger partial charge in [-0.05, 0) is 43.5 Å². The van der Waals surface area contributed by atoms with Crippen LogP contribution < -0.4 is 5.73 Å². The fourth-order valence-corrected chi connectivity index (χ4v) is 3.81. The molecule has 4 rings (SSSR count). The fraction of sp³-hybridized carbons (Fsp3) is 0.421. The van der Waals surface area contributed by atoms with Crippen LogP contribution in [0.15, 0.2) is 24.4 Å². The van der Waals surface area contributed by atoms with Crippen molar-refractivity contribution in [3.8, 4) is 0 Å². The Morgan fingerprint density at radius 2 is 2.15 bits per heavy atom. The first kappa shape index (κ1) is 17.7. The van der Waals surface area contributed by atoms with Gasteiger partial charge in [0.1, 0.15) is 5.82 Å². The van der Waals surface area contributed by atoms with Crippen LogP contribution in [0.5, 0.6) is 0 Å². The predicted molar refractivity (Wildman–Crippen MR) is 99.5 cm³/mol.